The van der Waals surface area contributed by atoms with Crippen molar-refractivity contribution in [2.75, 3.05) is 13.7 Å². The van der Waals surface area contributed by atoms with Crippen LogP contribution in [0.15, 0.2) is 36.4 Å². The molecule has 1 rings (SSSR count). The number of alkyl carbamates (subject to hydrolysis) is 1. The average Bonchev–Trinajstić information content (AvgIpc) is 2.48. The number of nitrogens with one attached hydrogen (secondary N) is 1. The SMILES string of the molecule is COC(=O)/C=C/c1ccc(C=CCNC(=O)OC(C)(C)C)cc1. The molecule has 0 aliphatic carbocycles. The summed E-state index contributed by atoms with van der Waals surface area (Å²) in [6.45, 7) is 5.84. The molecular formula is C18H23NO4. The summed E-state index contributed by atoms with van der Waals surface area (Å²) in [7, 11) is 1.34. The third kappa shape index (κ3) is 8.46. The fourth-order valence-corrected chi connectivity index (χ4v) is 1.60. The minimum absolute atomic E-state index is 0.387. The van der Waals surface area contributed by atoms with E-state index in [0.29, 0.717) is 6.54 Å². The maximum Gasteiger partial charge on any atom is 0.407 e. The first-order chi connectivity index (χ1) is 10.8. The Morgan fingerprint density at radius 3 is 2.17 bits per heavy atom. The Balaban J connectivity index is 2.44. The van der Waals surface area contributed by atoms with Crippen LogP contribution in [-0.2, 0) is 14.3 Å². The number of carbonyl (C=O) groups is 2. The van der Waals surface area contributed by atoms with E-state index in [1.165, 1.54) is 13.2 Å². The van der Waals surface area contributed by atoms with E-state index in [4.69, 9.17) is 4.74 Å². The van der Waals surface area contributed by atoms with Crippen molar-refractivity contribution in [2.45, 2.75) is 26.4 Å². The Kier molecular flexibility index (Phi) is 7.06. The van der Waals surface area contributed by atoms with Gasteiger partial charge < -0.3 is 14.8 Å². The van der Waals surface area contributed by atoms with Crippen molar-refractivity contribution in [3.63, 3.8) is 0 Å². The molecule has 0 aromatic heterocycles. The Morgan fingerprint density at radius 1 is 1.09 bits per heavy atom. The minimum Gasteiger partial charge on any atom is -0.466 e. The molecule has 1 amide bonds. The molecule has 0 fully saturated rings. The second-order valence-electron chi connectivity index (χ2n) is 5.81. The van der Waals surface area contributed by atoms with Crippen molar-refractivity contribution in [1.29, 1.82) is 0 Å². The van der Waals surface area contributed by atoms with E-state index in [1.54, 1.807) is 6.08 Å². The zero-order valence-electron chi connectivity index (χ0n) is 14.0. The van der Waals surface area contributed by atoms with Crippen LogP contribution in [0, 0.1) is 0 Å². The van der Waals surface area contributed by atoms with Gasteiger partial charge >= 0.3 is 12.1 Å². The third-order valence-corrected chi connectivity index (χ3v) is 2.62. The summed E-state index contributed by atoms with van der Waals surface area (Å²) >= 11 is 0. The van der Waals surface area contributed by atoms with Gasteiger partial charge in [-0.3, -0.25) is 0 Å². The van der Waals surface area contributed by atoms with E-state index in [-0.39, 0.29) is 5.97 Å². The van der Waals surface area contributed by atoms with E-state index < -0.39 is 11.7 Å². The fraction of sp³-hybridized carbons (Fsp3) is 0.333. The number of rotatable bonds is 5. The van der Waals surface area contributed by atoms with Crippen LogP contribution in [0.2, 0.25) is 0 Å². The van der Waals surface area contributed by atoms with Crippen LogP contribution in [0.1, 0.15) is 31.9 Å². The van der Waals surface area contributed by atoms with Crippen molar-refractivity contribution >= 4 is 24.2 Å². The predicted molar refractivity (Wildman–Crippen MR) is 90.8 cm³/mol. The number of esters is 1. The number of hydrogen-bond acceptors (Lipinski definition) is 4. The molecule has 0 atom stereocenters. The van der Waals surface area contributed by atoms with Gasteiger partial charge in [-0.15, -0.1) is 0 Å². The lowest BCUT2D eigenvalue weighted by Gasteiger charge is -2.19. The van der Waals surface area contributed by atoms with Crippen LogP contribution in [0.3, 0.4) is 0 Å². The molecule has 124 valence electrons. The van der Waals surface area contributed by atoms with Gasteiger partial charge in [0.1, 0.15) is 5.60 Å². The summed E-state index contributed by atoms with van der Waals surface area (Å²) in [5.74, 6) is -0.387. The third-order valence-electron chi connectivity index (χ3n) is 2.62. The molecule has 5 heteroatoms. The molecule has 0 heterocycles. The first-order valence-corrected chi connectivity index (χ1v) is 7.29. The summed E-state index contributed by atoms with van der Waals surface area (Å²) in [5, 5.41) is 2.65. The molecule has 0 spiro atoms. The predicted octanol–water partition coefficient (Wildman–Crippen LogP) is 3.41. The van der Waals surface area contributed by atoms with Gasteiger partial charge in [0.05, 0.1) is 7.11 Å². The van der Waals surface area contributed by atoms with Crippen LogP contribution in [0.5, 0.6) is 0 Å². The molecule has 0 radical (unpaired) electrons. The summed E-state index contributed by atoms with van der Waals surface area (Å²) in [6.07, 6.45) is 6.35. The van der Waals surface area contributed by atoms with Gasteiger partial charge in [0.25, 0.3) is 0 Å². The Labute approximate surface area is 137 Å². The summed E-state index contributed by atoms with van der Waals surface area (Å²) in [6, 6.07) is 7.61. The van der Waals surface area contributed by atoms with Gasteiger partial charge in [0.15, 0.2) is 0 Å². The van der Waals surface area contributed by atoms with Crippen LogP contribution in [-0.4, -0.2) is 31.3 Å². The summed E-state index contributed by atoms with van der Waals surface area (Å²) in [4.78, 5) is 22.5. The lowest BCUT2D eigenvalue weighted by Crippen LogP contribution is -2.32. The van der Waals surface area contributed by atoms with E-state index in [0.717, 1.165) is 11.1 Å². The highest BCUT2D eigenvalue weighted by Gasteiger charge is 2.14. The van der Waals surface area contributed by atoms with Gasteiger partial charge in [-0.2, -0.15) is 0 Å². The quantitative estimate of drug-likeness (QED) is 0.667. The topological polar surface area (TPSA) is 64.6 Å². The smallest absolute Gasteiger partial charge is 0.407 e. The number of carbonyl (C=O) groups excluding carboxylic acids is 2. The molecule has 1 aromatic rings. The molecule has 1 aromatic carbocycles. The second kappa shape index (κ2) is 8.78. The van der Waals surface area contributed by atoms with Crippen LogP contribution in [0.4, 0.5) is 4.79 Å². The highest BCUT2D eigenvalue weighted by atomic mass is 16.6. The second-order valence-corrected chi connectivity index (χ2v) is 5.81. The number of methoxy groups -OCH3 is 1. The Hall–Kier alpha value is -2.56. The normalized spacial score (nSPS) is 11.7. The number of amides is 1. The van der Waals surface area contributed by atoms with Crippen LogP contribution < -0.4 is 5.32 Å². The molecule has 0 saturated carbocycles. The Bertz CT molecular complexity index is 580. The van der Waals surface area contributed by atoms with Crippen LogP contribution >= 0.6 is 0 Å². The van der Waals surface area contributed by atoms with Gasteiger partial charge in [0, 0.05) is 12.6 Å². The van der Waals surface area contributed by atoms with Crippen LogP contribution in [0.25, 0.3) is 12.2 Å². The van der Waals surface area contributed by atoms with Crippen molar-refractivity contribution in [3.8, 4) is 0 Å². The number of hydrogen-bond donors (Lipinski definition) is 1. The zero-order chi connectivity index (χ0) is 17.3. The molecule has 0 saturated heterocycles. The highest BCUT2D eigenvalue weighted by molar-refractivity contribution is 5.86. The lowest BCUT2D eigenvalue weighted by atomic mass is 10.1. The maximum atomic E-state index is 11.5. The van der Waals surface area contributed by atoms with E-state index in [2.05, 4.69) is 10.1 Å². The Morgan fingerprint density at radius 2 is 1.65 bits per heavy atom. The molecule has 5 nitrogen and oxygen atoms in total. The largest absolute Gasteiger partial charge is 0.466 e. The molecule has 0 aliphatic rings. The number of benzene rings is 1. The molecule has 0 unspecified atom stereocenters. The minimum atomic E-state index is -0.499. The number of ether oxygens (including phenoxy) is 2. The van der Waals surface area contributed by atoms with Crippen molar-refractivity contribution in [2.24, 2.45) is 0 Å². The molecule has 0 aliphatic heterocycles. The highest BCUT2D eigenvalue weighted by Crippen LogP contribution is 2.08. The molecule has 1 N–H and O–H groups in total. The molecule has 0 bridgehead atoms. The fourth-order valence-electron chi connectivity index (χ4n) is 1.60. The van der Waals surface area contributed by atoms with Crippen molar-refractivity contribution in [1.82, 2.24) is 5.32 Å². The van der Waals surface area contributed by atoms with Gasteiger partial charge in [-0.1, -0.05) is 36.4 Å². The average molecular weight is 317 g/mol. The zero-order valence-corrected chi connectivity index (χ0v) is 14.0. The molecular weight excluding hydrogens is 294 g/mol. The van der Waals surface area contributed by atoms with E-state index in [9.17, 15) is 9.59 Å². The van der Waals surface area contributed by atoms with E-state index >= 15 is 0 Å². The first-order valence-electron chi connectivity index (χ1n) is 7.29. The standard InChI is InChI=1S/C18H23NO4/c1-18(2,3)23-17(21)19-13-5-6-14-7-9-15(10-8-14)11-12-16(20)22-4/h5-12H,13H2,1-4H3,(H,19,21)/b6-5?,12-11+. The van der Waals surface area contributed by atoms with Crippen molar-refractivity contribution < 1.29 is 19.1 Å². The van der Waals surface area contributed by atoms with Gasteiger partial charge in [-0.25, -0.2) is 9.59 Å². The summed E-state index contributed by atoms with van der Waals surface area (Å²) < 4.78 is 9.66. The lowest BCUT2D eigenvalue weighted by molar-refractivity contribution is -0.134. The van der Waals surface area contributed by atoms with Gasteiger partial charge in [-0.05, 0) is 38.0 Å². The first kappa shape index (κ1) is 18.5. The van der Waals surface area contributed by atoms with E-state index in [1.807, 2.05) is 57.2 Å². The monoisotopic (exact) mass is 317 g/mol. The molecule has 23 heavy (non-hydrogen) atoms. The maximum absolute atomic E-state index is 11.5. The van der Waals surface area contributed by atoms with Crippen molar-refractivity contribution in [3.05, 3.63) is 47.5 Å². The summed E-state index contributed by atoms with van der Waals surface area (Å²) in [5.41, 5.74) is 1.40. The van der Waals surface area contributed by atoms with Gasteiger partial charge in [0.2, 0.25) is 0 Å².